The number of nitrogens with zero attached hydrogens (tertiary/aromatic N) is 2. The summed E-state index contributed by atoms with van der Waals surface area (Å²) in [6.07, 6.45) is 3.61. The van der Waals surface area contributed by atoms with E-state index in [9.17, 15) is 4.79 Å². The molecule has 0 bridgehead atoms. The monoisotopic (exact) mass is 320 g/mol. The van der Waals surface area contributed by atoms with Crippen LogP contribution < -0.4 is 5.32 Å². The molecule has 0 radical (unpaired) electrons. The fourth-order valence-corrected chi connectivity index (χ4v) is 2.94. The average molecular weight is 321 g/mol. The second-order valence-corrected chi connectivity index (χ2v) is 5.65. The third kappa shape index (κ3) is 2.40. The third-order valence-corrected chi connectivity index (χ3v) is 4.23. The molecule has 6 heteroatoms. The van der Waals surface area contributed by atoms with E-state index in [4.69, 9.17) is 0 Å². The molecular formula is C13H13BrN4O. The summed E-state index contributed by atoms with van der Waals surface area (Å²) >= 11 is 3.58. The SMILES string of the molecule is O=C(NCC1(c2ccccc2Br)CC1)c1cn[nH]n1. The lowest BCUT2D eigenvalue weighted by atomic mass is 9.96. The second kappa shape index (κ2) is 4.77. The molecule has 0 spiro atoms. The molecule has 1 aromatic carbocycles. The third-order valence-electron chi connectivity index (χ3n) is 3.53. The molecule has 1 saturated carbocycles. The molecule has 1 heterocycles. The van der Waals surface area contributed by atoms with Crippen molar-refractivity contribution in [1.82, 2.24) is 20.7 Å². The van der Waals surface area contributed by atoms with Crippen molar-refractivity contribution in [3.63, 3.8) is 0 Å². The van der Waals surface area contributed by atoms with Gasteiger partial charge in [0.1, 0.15) is 0 Å². The summed E-state index contributed by atoms with van der Waals surface area (Å²) in [6, 6.07) is 8.17. The highest BCUT2D eigenvalue weighted by atomic mass is 79.9. The van der Waals surface area contributed by atoms with Gasteiger partial charge in [0, 0.05) is 16.4 Å². The number of aromatic amines is 1. The fourth-order valence-electron chi connectivity index (χ4n) is 2.23. The Kier molecular flexibility index (Phi) is 3.10. The van der Waals surface area contributed by atoms with Crippen LogP contribution in [0, 0.1) is 0 Å². The second-order valence-electron chi connectivity index (χ2n) is 4.80. The molecule has 1 amide bonds. The van der Waals surface area contributed by atoms with Crippen LogP contribution in [0.1, 0.15) is 28.9 Å². The highest BCUT2D eigenvalue weighted by Gasteiger charge is 2.45. The van der Waals surface area contributed by atoms with Crippen LogP contribution in [0.2, 0.25) is 0 Å². The van der Waals surface area contributed by atoms with Gasteiger partial charge >= 0.3 is 0 Å². The van der Waals surface area contributed by atoms with Gasteiger partial charge in [-0.1, -0.05) is 34.1 Å². The van der Waals surface area contributed by atoms with Gasteiger partial charge in [-0.25, -0.2) is 0 Å². The lowest BCUT2D eigenvalue weighted by molar-refractivity contribution is 0.0944. The first-order valence-corrected chi connectivity index (χ1v) is 6.90. The van der Waals surface area contributed by atoms with Gasteiger partial charge in [-0.3, -0.25) is 4.79 Å². The Labute approximate surface area is 118 Å². The first kappa shape index (κ1) is 12.3. The number of amides is 1. The predicted octanol–water partition coefficient (Wildman–Crippen LogP) is 2.03. The molecule has 3 rings (SSSR count). The van der Waals surface area contributed by atoms with Gasteiger partial charge in [0.2, 0.25) is 0 Å². The zero-order valence-electron chi connectivity index (χ0n) is 10.2. The largest absolute Gasteiger partial charge is 0.350 e. The van der Waals surface area contributed by atoms with Gasteiger partial charge in [0.05, 0.1) is 6.20 Å². The molecule has 0 aliphatic heterocycles. The van der Waals surface area contributed by atoms with Crippen molar-refractivity contribution in [3.05, 3.63) is 46.2 Å². The summed E-state index contributed by atoms with van der Waals surface area (Å²) in [4.78, 5) is 11.9. The van der Waals surface area contributed by atoms with Crippen LogP contribution >= 0.6 is 15.9 Å². The first-order chi connectivity index (χ1) is 9.21. The van der Waals surface area contributed by atoms with Crippen LogP contribution in [0.4, 0.5) is 0 Å². The lowest BCUT2D eigenvalue weighted by Gasteiger charge is -2.17. The van der Waals surface area contributed by atoms with E-state index >= 15 is 0 Å². The molecule has 1 fully saturated rings. The average Bonchev–Trinajstić information content (AvgIpc) is 3.00. The molecule has 0 unspecified atom stereocenters. The normalized spacial score (nSPS) is 16.1. The van der Waals surface area contributed by atoms with Crippen molar-refractivity contribution < 1.29 is 4.79 Å². The smallest absolute Gasteiger partial charge is 0.273 e. The number of halogens is 1. The molecule has 1 aromatic heterocycles. The Morgan fingerprint density at radius 3 is 2.84 bits per heavy atom. The van der Waals surface area contributed by atoms with E-state index in [0.717, 1.165) is 17.3 Å². The predicted molar refractivity (Wildman–Crippen MR) is 73.8 cm³/mol. The van der Waals surface area contributed by atoms with Crippen LogP contribution in [-0.2, 0) is 5.41 Å². The maximum absolute atomic E-state index is 11.9. The van der Waals surface area contributed by atoms with E-state index in [-0.39, 0.29) is 11.3 Å². The molecule has 2 aromatic rings. The Bertz CT molecular complexity index is 592. The number of nitrogens with one attached hydrogen (secondary N) is 2. The summed E-state index contributed by atoms with van der Waals surface area (Å²) in [5, 5.41) is 12.8. The summed E-state index contributed by atoms with van der Waals surface area (Å²) in [5.41, 5.74) is 1.65. The van der Waals surface area contributed by atoms with Crippen LogP contribution in [0.5, 0.6) is 0 Å². The Hall–Kier alpha value is -1.69. The van der Waals surface area contributed by atoms with E-state index < -0.39 is 0 Å². The minimum Gasteiger partial charge on any atom is -0.350 e. The molecule has 1 aliphatic rings. The van der Waals surface area contributed by atoms with E-state index in [2.05, 4.69) is 42.7 Å². The maximum atomic E-state index is 11.9. The first-order valence-electron chi connectivity index (χ1n) is 6.10. The van der Waals surface area contributed by atoms with Gasteiger partial charge in [-0.2, -0.15) is 15.4 Å². The summed E-state index contributed by atoms with van der Waals surface area (Å²) in [6.45, 7) is 0.626. The Morgan fingerprint density at radius 2 is 2.21 bits per heavy atom. The number of hydrogen-bond acceptors (Lipinski definition) is 3. The highest BCUT2D eigenvalue weighted by Crippen LogP contribution is 2.49. The van der Waals surface area contributed by atoms with Gasteiger partial charge < -0.3 is 5.32 Å². The summed E-state index contributed by atoms with van der Waals surface area (Å²) < 4.78 is 1.10. The van der Waals surface area contributed by atoms with Crippen LogP contribution in [-0.4, -0.2) is 27.9 Å². The molecule has 0 atom stereocenters. The fraction of sp³-hybridized carbons (Fsp3) is 0.308. The number of hydrogen-bond donors (Lipinski definition) is 2. The topological polar surface area (TPSA) is 70.7 Å². The van der Waals surface area contributed by atoms with Crippen molar-refractivity contribution in [2.75, 3.05) is 6.54 Å². The van der Waals surface area contributed by atoms with Crippen LogP contribution in [0.25, 0.3) is 0 Å². The maximum Gasteiger partial charge on any atom is 0.273 e. The van der Waals surface area contributed by atoms with Gasteiger partial charge in [0.25, 0.3) is 5.91 Å². The van der Waals surface area contributed by atoms with E-state index in [1.165, 1.54) is 11.8 Å². The summed E-state index contributed by atoms with van der Waals surface area (Å²) in [7, 11) is 0. The standard InChI is InChI=1S/C13H13BrN4O/c14-10-4-2-1-3-9(10)13(5-6-13)8-15-12(19)11-7-16-18-17-11/h1-4,7H,5-6,8H2,(H,15,19)(H,16,17,18). The van der Waals surface area contributed by atoms with Crippen molar-refractivity contribution in [3.8, 4) is 0 Å². The number of carbonyl (C=O) groups is 1. The highest BCUT2D eigenvalue weighted by molar-refractivity contribution is 9.10. The minimum atomic E-state index is -0.188. The van der Waals surface area contributed by atoms with Crippen LogP contribution in [0.15, 0.2) is 34.9 Å². The molecule has 0 saturated heterocycles. The Morgan fingerprint density at radius 1 is 1.42 bits per heavy atom. The van der Waals surface area contributed by atoms with Crippen LogP contribution in [0.3, 0.4) is 0 Å². The van der Waals surface area contributed by atoms with Crippen molar-refractivity contribution in [2.45, 2.75) is 18.3 Å². The molecule has 2 N–H and O–H groups in total. The van der Waals surface area contributed by atoms with Gasteiger partial charge in [0.15, 0.2) is 5.69 Å². The van der Waals surface area contributed by atoms with Crippen molar-refractivity contribution in [2.24, 2.45) is 0 Å². The zero-order valence-corrected chi connectivity index (χ0v) is 11.8. The number of rotatable bonds is 4. The van der Waals surface area contributed by atoms with Crippen molar-refractivity contribution >= 4 is 21.8 Å². The summed E-state index contributed by atoms with van der Waals surface area (Å²) in [5.74, 6) is -0.188. The molecule has 1 aliphatic carbocycles. The number of H-pyrrole nitrogens is 1. The lowest BCUT2D eigenvalue weighted by Crippen LogP contribution is -2.32. The molecule has 5 nitrogen and oxygen atoms in total. The van der Waals surface area contributed by atoms with Gasteiger partial charge in [-0.15, -0.1) is 0 Å². The molecule has 98 valence electrons. The van der Waals surface area contributed by atoms with E-state index in [1.54, 1.807) is 0 Å². The number of benzene rings is 1. The minimum absolute atomic E-state index is 0.0689. The Balaban J connectivity index is 1.70. The van der Waals surface area contributed by atoms with Crippen molar-refractivity contribution in [1.29, 1.82) is 0 Å². The zero-order chi connectivity index (χ0) is 13.3. The number of aromatic nitrogens is 3. The number of carbonyl (C=O) groups excluding carboxylic acids is 1. The van der Waals surface area contributed by atoms with Gasteiger partial charge in [-0.05, 0) is 24.5 Å². The molecule has 19 heavy (non-hydrogen) atoms. The molecular weight excluding hydrogens is 308 g/mol. The van der Waals surface area contributed by atoms with E-state index in [0.29, 0.717) is 12.2 Å². The quantitative estimate of drug-likeness (QED) is 0.905. The van der Waals surface area contributed by atoms with E-state index in [1.807, 2.05) is 18.2 Å².